The number of carbonyl (C=O) groups is 1. The summed E-state index contributed by atoms with van der Waals surface area (Å²) in [6.07, 6.45) is 0.354. The number of rotatable bonds is 6. The molecule has 0 unspecified atom stereocenters. The summed E-state index contributed by atoms with van der Waals surface area (Å²) >= 11 is 0. The molecule has 0 aromatic heterocycles. The van der Waals surface area contributed by atoms with Crippen LogP contribution in [0.3, 0.4) is 0 Å². The lowest BCUT2D eigenvalue weighted by Gasteiger charge is -2.28. The summed E-state index contributed by atoms with van der Waals surface area (Å²) in [5, 5.41) is 0. The largest absolute Gasteiger partial charge is 0.484 e. The Morgan fingerprint density at radius 3 is 2.52 bits per heavy atom. The second-order valence-corrected chi connectivity index (χ2v) is 9.00. The third-order valence-corrected chi connectivity index (χ3v) is 6.40. The number of carbonyl (C=O) groups excluding carboxylic acids is 1. The van der Waals surface area contributed by atoms with Crippen LogP contribution >= 0.6 is 0 Å². The van der Waals surface area contributed by atoms with Gasteiger partial charge in [-0.1, -0.05) is 35.9 Å². The number of hydrogen-bond acceptors (Lipinski definition) is 4. The van der Waals surface area contributed by atoms with E-state index in [1.807, 2.05) is 19.1 Å². The smallest absolute Gasteiger partial charge is 0.261 e. The minimum atomic E-state index is -3.18. The summed E-state index contributed by atoms with van der Waals surface area (Å²) in [4.78, 5) is 14.2. The molecular formula is C20H22FNO4S. The zero-order valence-electron chi connectivity index (χ0n) is 15.1. The first kappa shape index (κ1) is 19.4. The lowest BCUT2D eigenvalue weighted by Crippen LogP contribution is -2.43. The fourth-order valence-corrected chi connectivity index (χ4v) is 4.85. The molecule has 2 aromatic carbocycles. The van der Waals surface area contributed by atoms with Gasteiger partial charge >= 0.3 is 0 Å². The molecule has 7 heteroatoms. The van der Waals surface area contributed by atoms with Crippen molar-refractivity contribution in [3.05, 3.63) is 65.5 Å². The second-order valence-electron chi connectivity index (χ2n) is 6.77. The average Bonchev–Trinajstić information content (AvgIpc) is 3.00. The van der Waals surface area contributed by atoms with Crippen molar-refractivity contribution in [1.29, 1.82) is 0 Å². The highest BCUT2D eigenvalue weighted by atomic mass is 32.2. The Morgan fingerprint density at radius 2 is 1.89 bits per heavy atom. The van der Waals surface area contributed by atoms with Gasteiger partial charge in [0.2, 0.25) is 0 Å². The van der Waals surface area contributed by atoms with Gasteiger partial charge < -0.3 is 9.64 Å². The van der Waals surface area contributed by atoms with E-state index >= 15 is 0 Å². The fraction of sp³-hybridized carbons (Fsp3) is 0.350. The van der Waals surface area contributed by atoms with Crippen LogP contribution in [0.2, 0.25) is 0 Å². The van der Waals surface area contributed by atoms with E-state index in [0.717, 1.165) is 5.56 Å². The highest BCUT2D eigenvalue weighted by Crippen LogP contribution is 2.22. The van der Waals surface area contributed by atoms with E-state index in [1.165, 1.54) is 11.0 Å². The monoisotopic (exact) mass is 391 g/mol. The highest BCUT2D eigenvalue weighted by molar-refractivity contribution is 7.91. The Labute approximate surface area is 158 Å². The summed E-state index contributed by atoms with van der Waals surface area (Å²) in [5.41, 5.74) is 1.43. The summed E-state index contributed by atoms with van der Waals surface area (Å²) in [6.45, 7) is 1.74. The molecule has 0 N–H and O–H groups in total. The van der Waals surface area contributed by atoms with E-state index in [4.69, 9.17) is 4.74 Å². The molecule has 0 spiro atoms. The predicted molar refractivity (Wildman–Crippen MR) is 101 cm³/mol. The van der Waals surface area contributed by atoms with Gasteiger partial charge in [-0.2, -0.15) is 0 Å². The molecule has 1 amide bonds. The standard InChI is InChI=1S/C20H22FNO4S/c1-15-6-8-18(9-7-15)26-13-20(23)22(17-10-11-27(24,25)14-17)12-16-4-2-3-5-19(16)21/h2-9,17H,10-14H2,1H3/t17-/m1/s1. The number of nitrogens with zero attached hydrogens (tertiary/aromatic N) is 1. The number of hydrogen-bond donors (Lipinski definition) is 0. The second kappa shape index (κ2) is 8.08. The van der Waals surface area contributed by atoms with Crippen LogP contribution in [0.5, 0.6) is 5.75 Å². The van der Waals surface area contributed by atoms with Gasteiger partial charge in [0.25, 0.3) is 5.91 Å². The van der Waals surface area contributed by atoms with Crippen molar-refractivity contribution >= 4 is 15.7 Å². The zero-order chi connectivity index (χ0) is 19.4. The lowest BCUT2D eigenvalue weighted by molar-refractivity contribution is -0.136. The molecule has 1 saturated heterocycles. The van der Waals surface area contributed by atoms with Crippen molar-refractivity contribution in [3.8, 4) is 5.75 Å². The van der Waals surface area contributed by atoms with Gasteiger partial charge in [-0.05, 0) is 31.5 Å². The number of halogens is 1. The minimum Gasteiger partial charge on any atom is -0.484 e. The lowest BCUT2D eigenvalue weighted by atomic mass is 10.1. The van der Waals surface area contributed by atoms with Crippen molar-refractivity contribution in [2.45, 2.75) is 25.9 Å². The van der Waals surface area contributed by atoms with Crippen molar-refractivity contribution in [2.75, 3.05) is 18.1 Å². The van der Waals surface area contributed by atoms with Crippen molar-refractivity contribution in [2.24, 2.45) is 0 Å². The Bertz CT molecular complexity index is 912. The number of sulfone groups is 1. The molecule has 0 radical (unpaired) electrons. The first-order valence-electron chi connectivity index (χ1n) is 8.77. The molecule has 0 bridgehead atoms. The van der Waals surface area contributed by atoms with Crippen molar-refractivity contribution < 1.29 is 22.3 Å². The topological polar surface area (TPSA) is 63.7 Å². The molecule has 144 valence electrons. The predicted octanol–water partition coefficient (Wildman–Crippen LogP) is 2.73. The average molecular weight is 391 g/mol. The maximum absolute atomic E-state index is 14.1. The van der Waals surface area contributed by atoms with Crippen LogP contribution in [0.15, 0.2) is 48.5 Å². The summed E-state index contributed by atoms with van der Waals surface area (Å²) < 4.78 is 43.3. The van der Waals surface area contributed by atoms with E-state index < -0.39 is 21.7 Å². The molecule has 1 aliphatic heterocycles. The maximum atomic E-state index is 14.1. The van der Waals surface area contributed by atoms with Crippen LogP contribution in [0.25, 0.3) is 0 Å². The fourth-order valence-electron chi connectivity index (χ4n) is 3.11. The van der Waals surface area contributed by atoms with Crippen LogP contribution in [0, 0.1) is 12.7 Å². The van der Waals surface area contributed by atoms with Gasteiger partial charge in [0, 0.05) is 18.2 Å². The Kier molecular flexibility index (Phi) is 5.79. The minimum absolute atomic E-state index is 0.0168. The van der Waals surface area contributed by atoms with Crippen LogP contribution < -0.4 is 4.74 Å². The normalized spacial score (nSPS) is 18.2. The first-order chi connectivity index (χ1) is 12.8. The molecule has 0 saturated carbocycles. The third-order valence-electron chi connectivity index (χ3n) is 4.65. The molecule has 1 aliphatic rings. The van der Waals surface area contributed by atoms with E-state index in [-0.39, 0.29) is 30.6 Å². The van der Waals surface area contributed by atoms with Crippen LogP contribution in [-0.4, -0.2) is 43.4 Å². The van der Waals surface area contributed by atoms with Gasteiger partial charge in [-0.25, -0.2) is 12.8 Å². The summed E-state index contributed by atoms with van der Waals surface area (Å²) in [6, 6.07) is 13.0. The molecule has 1 atom stereocenters. The number of amides is 1. The first-order valence-corrected chi connectivity index (χ1v) is 10.6. The number of ether oxygens (including phenoxy) is 1. The van der Waals surface area contributed by atoms with Crippen molar-refractivity contribution in [3.63, 3.8) is 0 Å². The molecule has 27 heavy (non-hydrogen) atoms. The van der Waals surface area contributed by atoms with Crippen LogP contribution in [0.1, 0.15) is 17.5 Å². The van der Waals surface area contributed by atoms with E-state index in [0.29, 0.717) is 17.7 Å². The highest BCUT2D eigenvalue weighted by Gasteiger charge is 2.35. The summed E-state index contributed by atoms with van der Waals surface area (Å²) in [5.74, 6) is -0.287. The molecule has 0 aliphatic carbocycles. The molecule has 3 rings (SSSR count). The molecule has 1 heterocycles. The Hall–Kier alpha value is -2.41. The molecular weight excluding hydrogens is 369 g/mol. The van der Waals surface area contributed by atoms with E-state index in [1.54, 1.807) is 30.3 Å². The van der Waals surface area contributed by atoms with Gasteiger partial charge in [-0.3, -0.25) is 4.79 Å². The van der Waals surface area contributed by atoms with Gasteiger partial charge in [0.05, 0.1) is 11.5 Å². The van der Waals surface area contributed by atoms with Gasteiger partial charge in [-0.15, -0.1) is 0 Å². The van der Waals surface area contributed by atoms with Gasteiger partial charge in [0.15, 0.2) is 16.4 Å². The Morgan fingerprint density at radius 1 is 1.19 bits per heavy atom. The summed E-state index contributed by atoms with van der Waals surface area (Å²) in [7, 11) is -3.18. The number of aryl methyl sites for hydroxylation is 1. The van der Waals surface area contributed by atoms with Crippen molar-refractivity contribution in [1.82, 2.24) is 4.90 Å². The van der Waals surface area contributed by atoms with E-state index in [2.05, 4.69) is 0 Å². The van der Waals surface area contributed by atoms with E-state index in [9.17, 15) is 17.6 Å². The quantitative estimate of drug-likeness (QED) is 0.760. The maximum Gasteiger partial charge on any atom is 0.261 e. The number of benzene rings is 2. The third kappa shape index (κ3) is 5.07. The molecule has 2 aromatic rings. The molecule has 5 nitrogen and oxygen atoms in total. The zero-order valence-corrected chi connectivity index (χ0v) is 15.9. The molecule has 1 fully saturated rings. The van der Waals surface area contributed by atoms with Crippen LogP contribution in [-0.2, 0) is 21.2 Å². The van der Waals surface area contributed by atoms with Crippen LogP contribution in [0.4, 0.5) is 4.39 Å². The van der Waals surface area contributed by atoms with Gasteiger partial charge in [0.1, 0.15) is 11.6 Å². The Balaban J connectivity index is 1.75. The SMILES string of the molecule is Cc1ccc(OCC(=O)N(Cc2ccccc2F)[C@@H]2CCS(=O)(=O)C2)cc1.